The zero-order valence-electron chi connectivity index (χ0n) is 15.4. The van der Waals surface area contributed by atoms with E-state index >= 15 is 0 Å². The number of nitriles is 1. The van der Waals surface area contributed by atoms with E-state index in [1.807, 2.05) is 6.07 Å². The van der Waals surface area contributed by atoms with Crippen molar-refractivity contribution < 1.29 is 13.2 Å². The van der Waals surface area contributed by atoms with E-state index in [4.69, 9.17) is 5.73 Å². The fourth-order valence-corrected chi connectivity index (χ4v) is 3.41. The third-order valence-corrected chi connectivity index (χ3v) is 5.77. The van der Waals surface area contributed by atoms with Gasteiger partial charge < -0.3 is 16.4 Å². The van der Waals surface area contributed by atoms with Crippen LogP contribution in [0.1, 0.15) is 40.9 Å². The summed E-state index contributed by atoms with van der Waals surface area (Å²) in [4.78, 5) is 17.0. The largest absolute Gasteiger partial charge is 0.397 e. The van der Waals surface area contributed by atoms with Gasteiger partial charge in [-0.3, -0.25) is 4.79 Å². The number of nitrogens with one attached hydrogen (secondary N) is 2. The number of hydrogen-bond acceptors (Lipinski definition) is 7. The van der Waals surface area contributed by atoms with Crippen molar-refractivity contribution in [3.8, 4) is 6.07 Å². The Morgan fingerprint density at radius 3 is 2.54 bits per heavy atom. The van der Waals surface area contributed by atoms with Crippen molar-refractivity contribution >= 4 is 27.2 Å². The Hall–Kier alpha value is -3.12. The summed E-state index contributed by atoms with van der Waals surface area (Å²) in [5, 5.41) is 15.2. The number of anilines is 2. The minimum Gasteiger partial charge on any atom is -0.397 e. The Bertz CT molecular complexity index is 1040. The van der Waals surface area contributed by atoms with Crippen molar-refractivity contribution in [3.63, 3.8) is 0 Å². The van der Waals surface area contributed by atoms with Gasteiger partial charge in [-0.05, 0) is 43.0 Å². The van der Waals surface area contributed by atoms with E-state index in [1.54, 1.807) is 12.1 Å². The van der Waals surface area contributed by atoms with E-state index in [9.17, 15) is 18.5 Å². The molecule has 9 heteroatoms. The molecule has 0 saturated heterocycles. The van der Waals surface area contributed by atoms with Gasteiger partial charge in [0.1, 0.15) is 23.1 Å². The normalized spacial score (nSPS) is 14.0. The highest BCUT2D eigenvalue weighted by Crippen LogP contribution is 2.27. The molecule has 28 heavy (non-hydrogen) atoms. The molecule has 1 amide bonds. The van der Waals surface area contributed by atoms with E-state index in [2.05, 4.69) is 15.6 Å². The van der Waals surface area contributed by atoms with Gasteiger partial charge >= 0.3 is 0 Å². The maximum absolute atomic E-state index is 12.5. The number of carbonyl (C=O) groups excluding carboxylic acids is 1. The monoisotopic (exact) mass is 399 g/mol. The van der Waals surface area contributed by atoms with Crippen LogP contribution in [0, 0.1) is 11.3 Å². The summed E-state index contributed by atoms with van der Waals surface area (Å²) in [5.41, 5.74) is 7.23. The Morgan fingerprint density at radius 2 is 2.00 bits per heavy atom. The molecule has 1 aliphatic carbocycles. The van der Waals surface area contributed by atoms with Gasteiger partial charge in [-0.2, -0.15) is 5.26 Å². The molecule has 1 heterocycles. The highest BCUT2D eigenvalue weighted by atomic mass is 32.2. The second-order valence-electron chi connectivity index (χ2n) is 6.80. The first-order valence-corrected chi connectivity index (χ1v) is 10.7. The van der Waals surface area contributed by atoms with Crippen molar-refractivity contribution in [3.05, 3.63) is 47.2 Å². The number of carbonyl (C=O) groups is 1. The van der Waals surface area contributed by atoms with Crippen molar-refractivity contribution in [2.75, 3.05) is 17.3 Å². The van der Waals surface area contributed by atoms with Gasteiger partial charge in [0.25, 0.3) is 5.91 Å². The number of nitrogen functional groups attached to an aromatic ring is 1. The van der Waals surface area contributed by atoms with Crippen LogP contribution in [0.5, 0.6) is 0 Å². The van der Waals surface area contributed by atoms with Crippen LogP contribution >= 0.6 is 0 Å². The fourth-order valence-electron chi connectivity index (χ4n) is 2.78. The Morgan fingerprint density at radius 1 is 1.32 bits per heavy atom. The molecular weight excluding hydrogens is 378 g/mol. The molecule has 0 radical (unpaired) electrons. The predicted octanol–water partition coefficient (Wildman–Crippen LogP) is 1.83. The second kappa shape index (κ2) is 7.86. The number of benzene rings is 1. The second-order valence-corrected chi connectivity index (χ2v) is 8.82. The highest BCUT2D eigenvalue weighted by Gasteiger charge is 2.21. The number of aromatic nitrogens is 1. The number of rotatable bonds is 6. The fraction of sp³-hybridized carbons (Fsp3) is 0.316. The van der Waals surface area contributed by atoms with Gasteiger partial charge in [0.05, 0.1) is 10.6 Å². The lowest BCUT2D eigenvalue weighted by molar-refractivity contribution is 0.0946. The molecule has 4 N–H and O–H groups in total. The quantitative estimate of drug-likeness (QED) is 0.673. The van der Waals surface area contributed by atoms with Gasteiger partial charge in [-0.15, -0.1) is 0 Å². The number of nitrogens with zero attached hydrogens (tertiary/aromatic N) is 2. The summed E-state index contributed by atoms with van der Waals surface area (Å²) in [6.45, 7) is 0.204. The molecule has 0 aliphatic heterocycles. The first-order valence-electron chi connectivity index (χ1n) is 8.82. The van der Waals surface area contributed by atoms with E-state index in [0.717, 1.165) is 31.1 Å². The Balaban J connectivity index is 1.72. The van der Waals surface area contributed by atoms with Crippen molar-refractivity contribution in [1.82, 2.24) is 10.3 Å². The summed E-state index contributed by atoms with van der Waals surface area (Å²) in [7, 11) is -3.26. The SMILES string of the molecule is CS(=O)(=O)c1ccc(CNC(=O)c2cc(N)c(C#N)c(NC3CCC3)n2)cc1. The molecule has 2 aromatic rings. The summed E-state index contributed by atoms with van der Waals surface area (Å²) < 4.78 is 23.0. The van der Waals surface area contributed by atoms with Crippen molar-refractivity contribution in [2.45, 2.75) is 36.7 Å². The van der Waals surface area contributed by atoms with Crippen LogP contribution in [0.3, 0.4) is 0 Å². The van der Waals surface area contributed by atoms with Crippen LogP contribution in [0.25, 0.3) is 0 Å². The maximum atomic E-state index is 12.5. The lowest BCUT2D eigenvalue weighted by Crippen LogP contribution is -2.29. The van der Waals surface area contributed by atoms with Crippen molar-refractivity contribution in [2.24, 2.45) is 0 Å². The number of pyridine rings is 1. The van der Waals surface area contributed by atoms with Gasteiger partial charge in [-0.25, -0.2) is 13.4 Å². The van der Waals surface area contributed by atoms with Crippen LogP contribution < -0.4 is 16.4 Å². The van der Waals surface area contributed by atoms with Gasteiger partial charge in [0.15, 0.2) is 9.84 Å². The number of nitrogens with two attached hydrogens (primary N) is 1. The predicted molar refractivity (Wildman–Crippen MR) is 105 cm³/mol. The average Bonchev–Trinajstić information content (AvgIpc) is 2.62. The van der Waals surface area contributed by atoms with Crippen LogP contribution in [-0.2, 0) is 16.4 Å². The minimum absolute atomic E-state index is 0.117. The summed E-state index contributed by atoms with van der Waals surface area (Å²) in [6.07, 6.45) is 4.24. The third kappa shape index (κ3) is 4.40. The highest BCUT2D eigenvalue weighted by molar-refractivity contribution is 7.90. The number of sulfone groups is 1. The third-order valence-electron chi connectivity index (χ3n) is 4.64. The van der Waals surface area contributed by atoms with E-state index in [0.29, 0.717) is 5.82 Å². The maximum Gasteiger partial charge on any atom is 0.270 e. The Kier molecular flexibility index (Phi) is 5.51. The molecule has 0 unspecified atom stereocenters. The van der Waals surface area contributed by atoms with Gasteiger partial charge in [0.2, 0.25) is 0 Å². The molecule has 0 bridgehead atoms. The molecule has 0 atom stereocenters. The number of hydrogen-bond donors (Lipinski definition) is 3. The first kappa shape index (κ1) is 19.6. The number of amides is 1. The summed E-state index contributed by atoms with van der Waals surface area (Å²) in [6, 6.07) is 9.92. The van der Waals surface area contributed by atoms with Crippen LogP contribution in [0.2, 0.25) is 0 Å². The summed E-state index contributed by atoms with van der Waals surface area (Å²) in [5.74, 6) is -0.102. The zero-order valence-corrected chi connectivity index (χ0v) is 16.2. The molecule has 1 saturated carbocycles. The molecule has 0 spiro atoms. The zero-order chi connectivity index (χ0) is 20.3. The lowest BCUT2D eigenvalue weighted by atomic mass is 9.93. The molecule has 146 valence electrons. The van der Waals surface area contributed by atoms with Crippen LogP contribution in [-0.4, -0.2) is 31.6 Å². The van der Waals surface area contributed by atoms with E-state index < -0.39 is 15.7 Å². The topological polar surface area (TPSA) is 138 Å². The molecule has 3 rings (SSSR count). The molecule has 1 aromatic carbocycles. The molecule has 8 nitrogen and oxygen atoms in total. The Labute approximate surface area is 163 Å². The minimum atomic E-state index is -3.26. The molecule has 1 aliphatic rings. The lowest BCUT2D eigenvalue weighted by Gasteiger charge is -2.27. The van der Waals surface area contributed by atoms with Gasteiger partial charge in [-0.1, -0.05) is 12.1 Å². The molecule has 1 fully saturated rings. The van der Waals surface area contributed by atoms with E-state index in [-0.39, 0.29) is 34.4 Å². The van der Waals surface area contributed by atoms with E-state index in [1.165, 1.54) is 18.2 Å². The average molecular weight is 399 g/mol. The smallest absolute Gasteiger partial charge is 0.270 e. The first-order chi connectivity index (χ1) is 13.3. The van der Waals surface area contributed by atoms with Crippen LogP contribution in [0.4, 0.5) is 11.5 Å². The molecule has 1 aromatic heterocycles. The van der Waals surface area contributed by atoms with Crippen LogP contribution in [0.15, 0.2) is 35.2 Å². The van der Waals surface area contributed by atoms with Gasteiger partial charge in [0, 0.05) is 18.8 Å². The summed E-state index contributed by atoms with van der Waals surface area (Å²) >= 11 is 0. The molecular formula is C19H21N5O3S. The van der Waals surface area contributed by atoms with Crippen molar-refractivity contribution in [1.29, 1.82) is 5.26 Å². The standard InChI is InChI=1S/C19H21N5O3S/c1-28(26,27)14-7-5-12(6-8-14)11-22-19(25)17-9-16(21)15(10-20)18(24-17)23-13-3-2-4-13/h5-9,13H,2-4,11H2,1H3,(H,22,25)(H3,21,23,24).